The number of nitrogens with zero attached hydrogens (tertiary/aromatic N) is 3. The number of hydrogen-bond donors (Lipinski definition) is 0. The van der Waals surface area contributed by atoms with Crippen LogP contribution in [0.15, 0.2) is 49.1 Å². The minimum absolute atomic E-state index is 0.186. The van der Waals surface area contributed by atoms with E-state index in [1.807, 2.05) is 39.0 Å². The van der Waals surface area contributed by atoms with E-state index in [1.165, 1.54) is 17.3 Å². The molecule has 1 aliphatic heterocycles. The van der Waals surface area contributed by atoms with Gasteiger partial charge in [0.2, 0.25) is 5.78 Å². The number of aromatic nitrogens is 3. The highest BCUT2D eigenvalue weighted by molar-refractivity contribution is 6.30. The van der Waals surface area contributed by atoms with Crippen LogP contribution >= 0.6 is 11.6 Å². The number of halogens is 1. The number of carbonyl (C=O) groups excluding carboxylic acids is 1. The van der Waals surface area contributed by atoms with Crippen LogP contribution in [0.1, 0.15) is 48.7 Å². The topological polar surface area (TPSA) is 66.2 Å². The third kappa shape index (κ3) is 4.64. The van der Waals surface area contributed by atoms with Crippen LogP contribution in [0.25, 0.3) is 11.8 Å². The second-order valence-corrected chi connectivity index (χ2v) is 8.54. The lowest BCUT2D eigenvalue weighted by Crippen LogP contribution is -2.24. The molecule has 0 N–H and O–H groups in total. The fraction of sp³-hybridized carbons (Fsp3) is 0.292. The number of hydrogen-bond acceptors (Lipinski definition) is 5. The molecule has 0 amide bonds. The third-order valence-corrected chi connectivity index (χ3v) is 5.17. The van der Waals surface area contributed by atoms with Crippen molar-refractivity contribution in [2.45, 2.75) is 39.2 Å². The predicted molar refractivity (Wildman–Crippen MR) is 121 cm³/mol. The molecule has 160 valence electrons. The van der Waals surface area contributed by atoms with Gasteiger partial charge in [0, 0.05) is 22.6 Å². The predicted octanol–water partition coefficient (Wildman–Crippen LogP) is 5.31. The molecule has 1 aromatic heterocycles. The van der Waals surface area contributed by atoms with Crippen molar-refractivity contribution in [1.82, 2.24) is 14.8 Å². The van der Waals surface area contributed by atoms with Crippen LogP contribution in [0.5, 0.6) is 11.5 Å². The molecule has 0 saturated heterocycles. The molecule has 0 fully saturated rings. The summed E-state index contributed by atoms with van der Waals surface area (Å²) in [5.74, 6) is 1.13. The Morgan fingerprint density at radius 3 is 2.74 bits per heavy atom. The van der Waals surface area contributed by atoms with Crippen molar-refractivity contribution >= 4 is 29.2 Å². The molecule has 0 unspecified atom stereocenters. The van der Waals surface area contributed by atoms with Crippen LogP contribution in [-0.4, -0.2) is 32.8 Å². The number of benzene rings is 2. The second kappa shape index (κ2) is 8.55. The second-order valence-electron chi connectivity index (χ2n) is 8.10. The smallest absolute Gasteiger partial charge is 0.211 e. The summed E-state index contributed by atoms with van der Waals surface area (Å²) in [6, 6.07) is 10.9. The SMILES string of the molecule is CCCOc1cc(C(=O)C(=Cc2ccc(Cl)cc2)n2cncn2)cc2c1OC(C)(C)C2. The number of rotatable bonds is 7. The van der Waals surface area contributed by atoms with Gasteiger partial charge in [0.1, 0.15) is 24.0 Å². The van der Waals surface area contributed by atoms with E-state index in [1.54, 1.807) is 24.3 Å². The van der Waals surface area contributed by atoms with Crippen molar-refractivity contribution in [3.05, 3.63) is 70.8 Å². The molecule has 4 rings (SSSR count). The van der Waals surface area contributed by atoms with E-state index in [0.717, 1.165) is 23.3 Å². The van der Waals surface area contributed by atoms with E-state index in [4.69, 9.17) is 21.1 Å². The summed E-state index contributed by atoms with van der Waals surface area (Å²) < 4.78 is 13.5. The van der Waals surface area contributed by atoms with Crippen molar-refractivity contribution < 1.29 is 14.3 Å². The zero-order chi connectivity index (χ0) is 22.0. The zero-order valence-corrected chi connectivity index (χ0v) is 18.5. The normalized spacial score (nSPS) is 14.8. The summed E-state index contributed by atoms with van der Waals surface area (Å²) in [5, 5.41) is 4.81. The molecule has 7 heteroatoms. The maximum Gasteiger partial charge on any atom is 0.211 e. The van der Waals surface area contributed by atoms with Crippen LogP contribution < -0.4 is 9.47 Å². The quantitative estimate of drug-likeness (QED) is 0.370. The van der Waals surface area contributed by atoms with Gasteiger partial charge in [-0.05, 0) is 56.2 Å². The lowest BCUT2D eigenvalue weighted by Gasteiger charge is -2.18. The summed E-state index contributed by atoms with van der Waals surface area (Å²) in [6.45, 7) is 6.64. The van der Waals surface area contributed by atoms with Gasteiger partial charge < -0.3 is 9.47 Å². The lowest BCUT2D eigenvalue weighted by molar-refractivity contribution is 0.105. The molecule has 2 heterocycles. The van der Waals surface area contributed by atoms with E-state index in [9.17, 15) is 4.79 Å². The Balaban J connectivity index is 1.78. The Kier molecular flexibility index (Phi) is 5.83. The molecular formula is C24H24ClN3O3. The van der Waals surface area contributed by atoms with Crippen molar-refractivity contribution in [2.75, 3.05) is 6.61 Å². The number of allylic oxidation sites excluding steroid dienone is 1. The third-order valence-electron chi connectivity index (χ3n) is 4.92. The average molecular weight is 438 g/mol. The Morgan fingerprint density at radius 2 is 2.06 bits per heavy atom. The summed E-state index contributed by atoms with van der Waals surface area (Å²) in [6.07, 6.45) is 6.24. The molecule has 0 radical (unpaired) electrons. The van der Waals surface area contributed by atoms with Gasteiger partial charge in [0.05, 0.1) is 6.61 Å². The van der Waals surface area contributed by atoms with E-state index >= 15 is 0 Å². The highest BCUT2D eigenvalue weighted by Gasteiger charge is 2.34. The highest BCUT2D eigenvalue weighted by atomic mass is 35.5. The average Bonchev–Trinajstić information content (AvgIpc) is 3.37. The van der Waals surface area contributed by atoms with Crippen molar-refractivity contribution in [3.8, 4) is 11.5 Å². The molecule has 0 bridgehead atoms. The Labute approximate surface area is 186 Å². The first-order valence-electron chi connectivity index (χ1n) is 10.2. The van der Waals surface area contributed by atoms with Gasteiger partial charge in [-0.2, -0.15) is 5.10 Å². The number of Topliss-reactive ketones (excluding diaryl/α,β-unsaturated/α-hetero) is 1. The first kappa shape index (κ1) is 21.1. The lowest BCUT2D eigenvalue weighted by atomic mass is 9.97. The van der Waals surface area contributed by atoms with Gasteiger partial charge in [0.25, 0.3) is 0 Å². The van der Waals surface area contributed by atoms with Crippen LogP contribution in [-0.2, 0) is 6.42 Å². The molecule has 1 aliphatic rings. The molecule has 0 aliphatic carbocycles. The van der Waals surface area contributed by atoms with Gasteiger partial charge in [-0.1, -0.05) is 30.7 Å². The van der Waals surface area contributed by atoms with Crippen molar-refractivity contribution in [2.24, 2.45) is 0 Å². The molecule has 2 aromatic carbocycles. The maximum absolute atomic E-state index is 13.6. The van der Waals surface area contributed by atoms with Crippen LogP contribution in [0, 0.1) is 0 Å². The number of fused-ring (bicyclic) bond motifs is 1. The van der Waals surface area contributed by atoms with Gasteiger partial charge in [0.15, 0.2) is 11.5 Å². The number of ether oxygens (including phenoxy) is 2. The molecule has 6 nitrogen and oxygen atoms in total. The summed E-state index contributed by atoms with van der Waals surface area (Å²) in [7, 11) is 0. The Morgan fingerprint density at radius 1 is 1.29 bits per heavy atom. The number of ketones is 1. The first-order valence-corrected chi connectivity index (χ1v) is 10.6. The van der Waals surface area contributed by atoms with Crippen LogP contribution in [0.3, 0.4) is 0 Å². The van der Waals surface area contributed by atoms with E-state index in [0.29, 0.717) is 35.1 Å². The van der Waals surface area contributed by atoms with Gasteiger partial charge in [-0.3, -0.25) is 4.79 Å². The molecule has 0 atom stereocenters. The highest BCUT2D eigenvalue weighted by Crippen LogP contribution is 2.43. The van der Waals surface area contributed by atoms with Crippen molar-refractivity contribution in [1.29, 1.82) is 0 Å². The van der Waals surface area contributed by atoms with Crippen LogP contribution in [0.4, 0.5) is 0 Å². The largest absolute Gasteiger partial charge is 0.490 e. The fourth-order valence-corrected chi connectivity index (χ4v) is 3.69. The summed E-state index contributed by atoms with van der Waals surface area (Å²) in [4.78, 5) is 17.6. The minimum atomic E-state index is -0.345. The molecule has 3 aromatic rings. The molecule has 0 spiro atoms. The zero-order valence-electron chi connectivity index (χ0n) is 17.8. The molecule has 0 saturated carbocycles. The van der Waals surface area contributed by atoms with E-state index in [2.05, 4.69) is 10.1 Å². The first-order chi connectivity index (χ1) is 14.9. The van der Waals surface area contributed by atoms with Gasteiger partial charge >= 0.3 is 0 Å². The Bertz CT molecular complexity index is 1120. The summed E-state index contributed by atoms with van der Waals surface area (Å²) >= 11 is 6.00. The standard InChI is InChI=1S/C24H24ClN3O3/c1-4-9-30-21-12-17(11-18-13-24(2,3)31-23(18)21)22(29)20(28-15-26-14-27-28)10-16-5-7-19(25)8-6-16/h5-8,10-12,14-15H,4,9,13H2,1-3H3. The molecule has 31 heavy (non-hydrogen) atoms. The van der Waals surface area contributed by atoms with Gasteiger partial charge in [-0.15, -0.1) is 0 Å². The molecular weight excluding hydrogens is 414 g/mol. The fourth-order valence-electron chi connectivity index (χ4n) is 3.56. The monoisotopic (exact) mass is 437 g/mol. The number of carbonyl (C=O) groups is 1. The Hall–Kier alpha value is -3.12. The van der Waals surface area contributed by atoms with E-state index in [-0.39, 0.29) is 11.4 Å². The van der Waals surface area contributed by atoms with Gasteiger partial charge in [-0.25, -0.2) is 9.67 Å². The minimum Gasteiger partial charge on any atom is -0.490 e. The van der Waals surface area contributed by atoms with Crippen LogP contribution in [0.2, 0.25) is 5.02 Å². The van der Waals surface area contributed by atoms with E-state index < -0.39 is 0 Å². The maximum atomic E-state index is 13.6. The van der Waals surface area contributed by atoms with Crippen molar-refractivity contribution in [3.63, 3.8) is 0 Å². The summed E-state index contributed by atoms with van der Waals surface area (Å²) in [5.41, 5.74) is 2.34.